The minimum atomic E-state index is -0.324. The molecule has 0 aliphatic rings. The van der Waals surface area contributed by atoms with Crippen molar-refractivity contribution in [3.05, 3.63) is 95.3 Å². The topological polar surface area (TPSA) is 77.2 Å². The SMILES string of the molecule is O=C(Nc1ccccc1-c1nc(COc2ccccc2)no1)c1ccccc1Cl. The van der Waals surface area contributed by atoms with Crippen LogP contribution in [0.4, 0.5) is 5.69 Å². The summed E-state index contributed by atoms with van der Waals surface area (Å²) in [6.45, 7) is 0.168. The number of ether oxygens (including phenoxy) is 1. The third-order valence-corrected chi connectivity index (χ3v) is 4.43. The number of nitrogens with zero attached hydrogens (tertiary/aromatic N) is 2. The summed E-state index contributed by atoms with van der Waals surface area (Å²) in [5, 5.41) is 7.18. The normalized spacial score (nSPS) is 10.5. The molecule has 6 nitrogen and oxygen atoms in total. The van der Waals surface area contributed by atoms with Crippen molar-refractivity contribution >= 4 is 23.2 Å². The average Bonchev–Trinajstić information content (AvgIpc) is 3.22. The molecule has 1 N–H and O–H groups in total. The van der Waals surface area contributed by atoms with Crippen LogP contribution in [0.5, 0.6) is 5.75 Å². The van der Waals surface area contributed by atoms with Gasteiger partial charge in [0.05, 0.1) is 21.8 Å². The van der Waals surface area contributed by atoms with Crippen molar-refractivity contribution in [2.24, 2.45) is 0 Å². The van der Waals surface area contributed by atoms with Crippen LogP contribution in [0.2, 0.25) is 5.02 Å². The van der Waals surface area contributed by atoms with Gasteiger partial charge in [-0.1, -0.05) is 59.2 Å². The summed E-state index contributed by atoms with van der Waals surface area (Å²) in [7, 11) is 0. The zero-order chi connectivity index (χ0) is 20.1. The van der Waals surface area contributed by atoms with E-state index in [4.69, 9.17) is 20.9 Å². The summed E-state index contributed by atoms with van der Waals surface area (Å²) in [5.74, 6) is 1.07. The van der Waals surface area contributed by atoms with E-state index in [9.17, 15) is 4.79 Å². The second kappa shape index (κ2) is 8.58. The molecule has 0 bridgehead atoms. The molecule has 7 heteroatoms. The monoisotopic (exact) mass is 405 g/mol. The zero-order valence-corrected chi connectivity index (χ0v) is 16.0. The van der Waals surface area contributed by atoms with Gasteiger partial charge in [-0.15, -0.1) is 0 Å². The lowest BCUT2D eigenvalue weighted by atomic mass is 10.1. The van der Waals surface area contributed by atoms with Crippen molar-refractivity contribution in [1.82, 2.24) is 10.1 Å². The van der Waals surface area contributed by atoms with Crippen molar-refractivity contribution in [3.63, 3.8) is 0 Å². The Bertz CT molecular complexity index is 1130. The van der Waals surface area contributed by atoms with Gasteiger partial charge in [0.2, 0.25) is 5.82 Å². The average molecular weight is 406 g/mol. The van der Waals surface area contributed by atoms with Crippen molar-refractivity contribution in [2.45, 2.75) is 6.61 Å². The van der Waals surface area contributed by atoms with Crippen LogP contribution in [-0.2, 0) is 6.61 Å². The molecule has 0 aliphatic heterocycles. The number of carbonyl (C=O) groups excluding carboxylic acids is 1. The smallest absolute Gasteiger partial charge is 0.260 e. The standard InChI is InChI=1S/C22H16ClN3O3/c23-18-12-6-4-10-16(18)21(27)24-19-13-7-5-11-17(19)22-25-20(26-29-22)14-28-15-8-2-1-3-9-15/h1-13H,14H2,(H,24,27). The first-order valence-corrected chi connectivity index (χ1v) is 9.24. The van der Waals surface area contributed by atoms with Crippen LogP contribution < -0.4 is 10.1 Å². The Morgan fingerprint density at radius 3 is 2.52 bits per heavy atom. The molecular formula is C22H16ClN3O3. The lowest BCUT2D eigenvalue weighted by molar-refractivity contribution is 0.102. The van der Waals surface area contributed by atoms with E-state index in [2.05, 4.69) is 15.5 Å². The van der Waals surface area contributed by atoms with Crippen molar-refractivity contribution in [3.8, 4) is 17.2 Å². The van der Waals surface area contributed by atoms with Gasteiger partial charge in [0.25, 0.3) is 11.8 Å². The number of rotatable bonds is 6. The molecule has 144 valence electrons. The summed E-state index contributed by atoms with van der Waals surface area (Å²) in [6.07, 6.45) is 0. The van der Waals surface area contributed by atoms with Crippen LogP contribution in [0, 0.1) is 0 Å². The minimum Gasteiger partial charge on any atom is -0.485 e. The maximum absolute atomic E-state index is 12.6. The summed E-state index contributed by atoms with van der Waals surface area (Å²) in [4.78, 5) is 17.0. The van der Waals surface area contributed by atoms with Gasteiger partial charge in [0.1, 0.15) is 5.75 Å². The summed E-state index contributed by atoms with van der Waals surface area (Å²) < 4.78 is 11.0. The molecule has 0 atom stereocenters. The lowest BCUT2D eigenvalue weighted by Crippen LogP contribution is -2.13. The molecule has 1 aromatic heterocycles. The molecule has 3 aromatic carbocycles. The fourth-order valence-corrected chi connectivity index (χ4v) is 2.92. The number of hydrogen-bond acceptors (Lipinski definition) is 5. The molecule has 4 aromatic rings. The molecule has 0 saturated carbocycles. The second-order valence-corrected chi connectivity index (χ2v) is 6.50. The predicted molar refractivity (Wildman–Crippen MR) is 110 cm³/mol. The molecule has 1 amide bonds. The molecule has 29 heavy (non-hydrogen) atoms. The van der Waals surface area contributed by atoms with Gasteiger partial charge in [-0.05, 0) is 36.4 Å². The van der Waals surface area contributed by atoms with Crippen molar-refractivity contribution in [2.75, 3.05) is 5.32 Å². The van der Waals surface area contributed by atoms with Gasteiger partial charge < -0.3 is 14.6 Å². The summed E-state index contributed by atoms with van der Waals surface area (Å²) in [6, 6.07) is 23.4. The van der Waals surface area contributed by atoms with Gasteiger partial charge in [-0.2, -0.15) is 4.98 Å². The molecule has 0 fully saturated rings. The zero-order valence-electron chi connectivity index (χ0n) is 15.2. The van der Waals surface area contributed by atoms with E-state index in [1.165, 1.54) is 0 Å². The molecule has 1 heterocycles. The number of benzene rings is 3. The fourth-order valence-electron chi connectivity index (χ4n) is 2.70. The number of para-hydroxylation sites is 2. The number of aromatic nitrogens is 2. The number of carbonyl (C=O) groups is 1. The lowest BCUT2D eigenvalue weighted by Gasteiger charge is -2.09. The highest BCUT2D eigenvalue weighted by Gasteiger charge is 2.16. The second-order valence-electron chi connectivity index (χ2n) is 6.10. The van der Waals surface area contributed by atoms with E-state index in [1.807, 2.05) is 42.5 Å². The first kappa shape index (κ1) is 18.7. The number of halogens is 1. The van der Waals surface area contributed by atoms with Gasteiger partial charge >= 0.3 is 0 Å². The highest BCUT2D eigenvalue weighted by atomic mass is 35.5. The minimum absolute atomic E-state index is 0.168. The Labute approximate surface area is 172 Å². The molecular weight excluding hydrogens is 390 g/mol. The van der Waals surface area contributed by atoms with Crippen LogP contribution in [0.3, 0.4) is 0 Å². The molecule has 4 rings (SSSR count). The van der Waals surface area contributed by atoms with Crippen LogP contribution in [0.15, 0.2) is 83.4 Å². The molecule has 0 saturated heterocycles. The number of hydrogen-bond donors (Lipinski definition) is 1. The third-order valence-electron chi connectivity index (χ3n) is 4.10. The number of nitrogens with one attached hydrogen (secondary N) is 1. The molecule has 0 aliphatic carbocycles. The van der Waals surface area contributed by atoms with Gasteiger partial charge in [-0.3, -0.25) is 4.79 Å². The first-order chi connectivity index (χ1) is 14.2. The molecule has 0 spiro atoms. The highest BCUT2D eigenvalue weighted by molar-refractivity contribution is 6.34. The Balaban J connectivity index is 1.52. The molecule has 0 unspecified atom stereocenters. The van der Waals surface area contributed by atoms with E-state index in [1.54, 1.807) is 36.4 Å². The summed E-state index contributed by atoms with van der Waals surface area (Å²) in [5.41, 5.74) is 1.52. The largest absolute Gasteiger partial charge is 0.485 e. The predicted octanol–water partition coefficient (Wildman–Crippen LogP) is 5.22. The number of anilines is 1. The van der Waals surface area contributed by atoms with Gasteiger partial charge in [0, 0.05) is 0 Å². The molecule has 0 radical (unpaired) electrons. The van der Waals surface area contributed by atoms with Crippen LogP contribution in [0.25, 0.3) is 11.5 Å². The first-order valence-electron chi connectivity index (χ1n) is 8.86. The van der Waals surface area contributed by atoms with Crippen LogP contribution in [0.1, 0.15) is 16.2 Å². The van der Waals surface area contributed by atoms with Crippen LogP contribution >= 0.6 is 11.6 Å². The van der Waals surface area contributed by atoms with E-state index in [-0.39, 0.29) is 18.4 Å². The van der Waals surface area contributed by atoms with E-state index >= 15 is 0 Å². The number of amides is 1. The Morgan fingerprint density at radius 2 is 1.69 bits per heavy atom. The van der Waals surface area contributed by atoms with Crippen LogP contribution in [-0.4, -0.2) is 16.0 Å². The van der Waals surface area contributed by atoms with Gasteiger partial charge in [0.15, 0.2) is 6.61 Å². The summed E-state index contributed by atoms with van der Waals surface area (Å²) >= 11 is 6.12. The Kier molecular flexibility index (Phi) is 5.54. The maximum Gasteiger partial charge on any atom is 0.260 e. The van der Waals surface area contributed by atoms with E-state index in [0.29, 0.717) is 33.4 Å². The quantitative estimate of drug-likeness (QED) is 0.475. The van der Waals surface area contributed by atoms with Crippen molar-refractivity contribution < 1.29 is 14.1 Å². The Morgan fingerprint density at radius 1 is 0.966 bits per heavy atom. The fraction of sp³-hybridized carbons (Fsp3) is 0.0455. The Hall–Kier alpha value is -3.64. The van der Waals surface area contributed by atoms with E-state index < -0.39 is 0 Å². The maximum atomic E-state index is 12.6. The third kappa shape index (κ3) is 4.44. The highest BCUT2D eigenvalue weighted by Crippen LogP contribution is 2.28. The van der Waals surface area contributed by atoms with E-state index in [0.717, 1.165) is 0 Å². The van der Waals surface area contributed by atoms with Crippen molar-refractivity contribution in [1.29, 1.82) is 0 Å². The van der Waals surface area contributed by atoms with Gasteiger partial charge in [-0.25, -0.2) is 0 Å².